The number of carbonyl (C=O) groups is 1. The molecule has 1 unspecified atom stereocenters. The summed E-state index contributed by atoms with van der Waals surface area (Å²) >= 11 is 0. The Morgan fingerprint density at radius 3 is 2.80 bits per heavy atom. The SMILES string of the molecule is CNCC(=O)NC(c1ccccc1F)c1nccn1C. The molecule has 20 heavy (non-hydrogen) atoms. The van der Waals surface area contributed by atoms with Crippen molar-refractivity contribution >= 4 is 5.91 Å². The number of halogens is 1. The van der Waals surface area contributed by atoms with Crippen molar-refractivity contribution in [1.29, 1.82) is 0 Å². The standard InChI is InChI=1S/C14H17FN4O/c1-16-9-12(20)18-13(14-17-7-8-19(14)2)10-5-3-4-6-11(10)15/h3-8,13,16H,9H2,1-2H3,(H,18,20). The van der Waals surface area contributed by atoms with Crippen LogP contribution in [0, 0.1) is 5.82 Å². The van der Waals surface area contributed by atoms with Crippen LogP contribution in [0.15, 0.2) is 36.7 Å². The lowest BCUT2D eigenvalue weighted by Crippen LogP contribution is -2.36. The second kappa shape index (κ2) is 6.29. The Balaban J connectivity index is 2.37. The van der Waals surface area contributed by atoms with Crippen LogP contribution in [-0.2, 0) is 11.8 Å². The van der Waals surface area contributed by atoms with Crippen molar-refractivity contribution in [3.05, 3.63) is 53.9 Å². The molecule has 1 heterocycles. The van der Waals surface area contributed by atoms with Crippen molar-refractivity contribution in [3.8, 4) is 0 Å². The fourth-order valence-corrected chi connectivity index (χ4v) is 2.02. The Morgan fingerprint density at radius 2 is 2.20 bits per heavy atom. The van der Waals surface area contributed by atoms with E-state index in [4.69, 9.17) is 0 Å². The molecule has 0 bridgehead atoms. The predicted octanol–water partition coefficient (Wildman–Crippen LogP) is 0.984. The van der Waals surface area contributed by atoms with Gasteiger partial charge in [-0.25, -0.2) is 9.37 Å². The van der Waals surface area contributed by atoms with Crippen molar-refractivity contribution in [3.63, 3.8) is 0 Å². The number of hydrogen-bond acceptors (Lipinski definition) is 3. The van der Waals surface area contributed by atoms with E-state index < -0.39 is 6.04 Å². The van der Waals surface area contributed by atoms with E-state index in [1.54, 1.807) is 49.3 Å². The number of aryl methyl sites for hydroxylation is 1. The molecule has 6 heteroatoms. The molecule has 106 valence electrons. The van der Waals surface area contributed by atoms with E-state index in [2.05, 4.69) is 15.6 Å². The number of hydrogen-bond donors (Lipinski definition) is 2. The number of benzene rings is 1. The molecule has 1 atom stereocenters. The number of imidazole rings is 1. The molecule has 0 aliphatic carbocycles. The number of carbonyl (C=O) groups excluding carboxylic acids is 1. The van der Waals surface area contributed by atoms with Crippen molar-refractivity contribution in [2.45, 2.75) is 6.04 Å². The monoisotopic (exact) mass is 276 g/mol. The van der Waals surface area contributed by atoms with Gasteiger partial charge in [0, 0.05) is 25.0 Å². The van der Waals surface area contributed by atoms with Crippen LogP contribution < -0.4 is 10.6 Å². The Bertz CT molecular complexity index is 596. The topological polar surface area (TPSA) is 59.0 Å². The summed E-state index contributed by atoms with van der Waals surface area (Å²) in [6.07, 6.45) is 3.38. The van der Waals surface area contributed by atoms with Crippen LogP contribution in [-0.4, -0.2) is 29.1 Å². The summed E-state index contributed by atoms with van der Waals surface area (Å²) in [7, 11) is 3.48. The van der Waals surface area contributed by atoms with Crippen molar-refractivity contribution in [2.75, 3.05) is 13.6 Å². The highest BCUT2D eigenvalue weighted by Crippen LogP contribution is 2.22. The van der Waals surface area contributed by atoms with Crippen LogP contribution in [0.5, 0.6) is 0 Å². The third kappa shape index (κ3) is 3.03. The van der Waals surface area contributed by atoms with Gasteiger partial charge in [0.15, 0.2) is 0 Å². The number of amides is 1. The number of rotatable bonds is 5. The third-order valence-corrected chi connectivity index (χ3v) is 2.98. The van der Waals surface area contributed by atoms with Crippen LogP contribution >= 0.6 is 0 Å². The quantitative estimate of drug-likeness (QED) is 0.856. The predicted molar refractivity (Wildman–Crippen MR) is 73.5 cm³/mol. The lowest BCUT2D eigenvalue weighted by atomic mass is 10.1. The van der Waals surface area contributed by atoms with E-state index in [1.165, 1.54) is 6.07 Å². The van der Waals surface area contributed by atoms with Gasteiger partial charge in [0.2, 0.25) is 5.91 Å². The molecule has 2 aromatic rings. The van der Waals surface area contributed by atoms with Gasteiger partial charge in [-0.2, -0.15) is 0 Å². The molecule has 0 aliphatic rings. The van der Waals surface area contributed by atoms with Gasteiger partial charge in [-0.3, -0.25) is 4.79 Å². The van der Waals surface area contributed by atoms with Crippen LogP contribution in [0.2, 0.25) is 0 Å². The molecule has 1 aromatic carbocycles. The highest BCUT2D eigenvalue weighted by atomic mass is 19.1. The summed E-state index contributed by atoms with van der Waals surface area (Å²) in [5.41, 5.74) is 0.395. The van der Waals surface area contributed by atoms with E-state index >= 15 is 0 Å². The number of aromatic nitrogens is 2. The molecule has 2 rings (SSSR count). The maximum atomic E-state index is 14.0. The summed E-state index contributed by atoms with van der Waals surface area (Å²) in [4.78, 5) is 16.0. The molecule has 0 spiro atoms. The van der Waals surface area contributed by atoms with E-state index in [9.17, 15) is 9.18 Å². The Kier molecular flexibility index (Phi) is 4.47. The summed E-state index contributed by atoms with van der Waals surface area (Å²) in [5, 5.41) is 5.56. The van der Waals surface area contributed by atoms with E-state index in [-0.39, 0.29) is 18.3 Å². The van der Waals surface area contributed by atoms with Gasteiger partial charge < -0.3 is 15.2 Å². The zero-order chi connectivity index (χ0) is 14.5. The number of nitrogens with zero attached hydrogens (tertiary/aromatic N) is 2. The molecule has 0 saturated heterocycles. The van der Waals surface area contributed by atoms with Crippen LogP contribution in [0.4, 0.5) is 4.39 Å². The van der Waals surface area contributed by atoms with Crippen LogP contribution in [0.25, 0.3) is 0 Å². The Labute approximate surface area is 116 Å². The molecule has 5 nitrogen and oxygen atoms in total. The van der Waals surface area contributed by atoms with E-state index in [0.717, 1.165) is 0 Å². The fraction of sp³-hybridized carbons (Fsp3) is 0.286. The van der Waals surface area contributed by atoms with Crippen molar-refractivity contribution < 1.29 is 9.18 Å². The van der Waals surface area contributed by atoms with Crippen LogP contribution in [0.3, 0.4) is 0 Å². The molecule has 0 saturated carbocycles. The van der Waals surface area contributed by atoms with Gasteiger partial charge in [0.25, 0.3) is 0 Å². The number of nitrogens with one attached hydrogen (secondary N) is 2. The summed E-state index contributed by atoms with van der Waals surface area (Å²) in [6, 6.07) is 5.75. The summed E-state index contributed by atoms with van der Waals surface area (Å²) in [6.45, 7) is 0.162. The van der Waals surface area contributed by atoms with Gasteiger partial charge in [-0.1, -0.05) is 18.2 Å². The first kappa shape index (κ1) is 14.2. The minimum atomic E-state index is -0.614. The van der Waals surface area contributed by atoms with Gasteiger partial charge in [-0.15, -0.1) is 0 Å². The Morgan fingerprint density at radius 1 is 1.45 bits per heavy atom. The molecule has 1 amide bonds. The normalized spacial score (nSPS) is 12.2. The zero-order valence-corrected chi connectivity index (χ0v) is 11.4. The third-order valence-electron chi connectivity index (χ3n) is 2.98. The molecule has 1 aromatic heterocycles. The summed E-state index contributed by atoms with van der Waals surface area (Å²) < 4.78 is 15.8. The lowest BCUT2D eigenvalue weighted by molar-refractivity contribution is -0.120. The maximum Gasteiger partial charge on any atom is 0.234 e. The second-order valence-corrected chi connectivity index (χ2v) is 4.45. The Hall–Kier alpha value is -2.21. The molecular weight excluding hydrogens is 259 g/mol. The average molecular weight is 276 g/mol. The van der Waals surface area contributed by atoms with Gasteiger partial charge in [0.1, 0.15) is 17.7 Å². The molecule has 0 aliphatic heterocycles. The molecular formula is C14H17FN4O. The molecule has 2 N–H and O–H groups in total. The minimum Gasteiger partial charge on any atom is -0.341 e. The van der Waals surface area contributed by atoms with Gasteiger partial charge in [-0.05, 0) is 13.1 Å². The van der Waals surface area contributed by atoms with E-state index in [0.29, 0.717) is 11.4 Å². The van der Waals surface area contributed by atoms with Gasteiger partial charge in [0.05, 0.1) is 6.54 Å². The highest BCUT2D eigenvalue weighted by Gasteiger charge is 2.22. The number of likely N-dealkylation sites (N-methyl/N-ethyl adjacent to an activating group) is 1. The summed E-state index contributed by atoms with van der Waals surface area (Å²) in [5.74, 6) is -0.00596. The maximum absolute atomic E-state index is 14.0. The zero-order valence-electron chi connectivity index (χ0n) is 11.4. The molecule has 0 radical (unpaired) electrons. The fourth-order valence-electron chi connectivity index (χ4n) is 2.02. The highest BCUT2D eigenvalue weighted by molar-refractivity contribution is 5.78. The van der Waals surface area contributed by atoms with E-state index in [1.807, 2.05) is 0 Å². The smallest absolute Gasteiger partial charge is 0.234 e. The average Bonchev–Trinajstić information content (AvgIpc) is 2.83. The minimum absolute atomic E-state index is 0.162. The van der Waals surface area contributed by atoms with Gasteiger partial charge >= 0.3 is 0 Å². The van der Waals surface area contributed by atoms with Crippen molar-refractivity contribution in [1.82, 2.24) is 20.2 Å². The first-order valence-electron chi connectivity index (χ1n) is 6.29. The first-order chi connectivity index (χ1) is 9.63. The van der Waals surface area contributed by atoms with Crippen LogP contribution in [0.1, 0.15) is 17.4 Å². The lowest BCUT2D eigenvalue weighted by Gasteiger charge is -2.19. The molecule has 0 fully saturated rings. The first-order valence-corrected chi connectivity index (χ1v) is 6.29. The largest absolute Gasteiger partial charge is 0.341 e. The second-order valence-electron chi connectivity index (χ2n) is 4.45. The van der Waals surface area contributed by atoms with Crippen molar-refractivity contribution in [2.24, 2.45) is 7.05 Å².